The van der Waals surface area contributed by atoms with Gasteiger partial charge < -0.3 is 9.88 Å². The summed E-state index contributed by atoms with van der Waals surface area (Å²) in [5, 5.41) is 0.854. The molecule has 1 aliphatic carbocycles. The molecule has 29 heavy (non-hydrogen) atoms. The molecule has 0 amide bonds. The van der Waals surface area contributed by atoms with Gasteiger partial charge in [-0.05, 0) is 54.9 Å². The molecule has 0 spiro atoms. The fourth-order valence-corrected chi connectivity index (χ4v) is 6.22. The van der Waals surface area contributed by atoms with E-state index < -0.39 is 0 Å². The van der Waals surface area contributed by atoms with Crippen LogP contribution in [-0.2, 0) is 12.8 Å². The second-order valence-electron chi connectivity index (χ2n) is 8.66. The van der Waals surface area contributed by atoms with Crippen molar-refractivity contribution in [1.29, 1.82) is 0 Å². The number of quaternary nitrogens is 1. The molecule has 150 valence electrons. The lowest BCUT2D eigenvalue weighted by Gasteiger charge is -2.28. The zero-order chi connectivity index (χ0) is 20.0. The Bertz CT molecular complexity index is 1130. The van der Waals surface area contributed by atoms with Gasteiger partial charge in [0.2, 0.25) is 0 Å². The van der Waals surface area contributed by atoms with Crippen LogP contribution in [0.5, 0.6) is 0 Å². The van der Waals surface area contributed by atoms with Crippen LogP contribution in [0.1, 0.15) is 54.6 Å². The normalized spacial score (nSPS) is 22.9. The highest BCUT2D eigenvalue weighted by atomic mass is 32.1. The van der Waals surface area contributed by atoms with E-state index in [0.29, 0.717) is 5.92 Å². The molecule has 1 unspecified atom stereocenters. The first-order valence-electron chi connectivity index (χ1n) is 10.7. The zero-order valence-corrected chi connectivity index (χ0v) is 17.9. The van der Waals surface area contributed by atoms with Gasteiger partial charge in [-0.3, -0.25) is 4.79 Å². The molecule has 2 aliphatic rings. The molecule has 5 heteroatoms. The van der Waals surface area contributed by atoms with Gasteiger partial charge >= 0.3 is 0 Å². The summed E-state index contributed by atoms with van der Waals surface area (Å²) in [6.07, 6.45) is 6.68. The van der Waals surface area contributed by atoms with Gasteiger partial charge in [-0.15, -0.1) is 11.3 Å². The summed E-state index contributed by atoms with van der Waals surface area (Å²) in [5.74, 6) is 1.54. The predicted octanol–water partition coefficient (Wildman–Crippen LogP) is 3.54. The van der Waals surface area contributed by atoms with E-state index in [2.05, 4.69) is 55.2 Å². The van der Waals surface area contributed by atoms with E-state index >= 15 is 0 Å². The van der Waals surface area contributed by atoms with Gasteiger partial charge in [0.25, 0.3) is 5.56 Å². The number of aromatic amines is 1. The number of nitrogens with zero attached hydrogens (tertiary/aromatic N) is 1. The van der Waals surface area contributed by atoms with E-state index in [9.17, 15) is 4.79 Å². The molecule has 0 radical (unpaired) electrons. The second-order valence-corrected chi connectivity index (χ2v) is 9.75. The van der Waals surface area contributed by atoms with Crippen LogP contribution in [0.4, 0.5) is 0 Å². The van der Waals surface area contributed by atoms with Crippen LogP contribution in [0, 0.1) is 5.92 Å². The van der Waals surface area contributed by atoms with Gasteiger partial charge in [0, 0.05) is 11.3 Å². The zero-order valence-electron chi connectivity index (χ0n) is 17.1. The fourth-order valence-electron chi connectivity index (χ4n) is 4.83. The third-order valence-corrected chi connectivity index (χ3v) is 7.83. The summed E-state index contributed by atoms with van der Waals surface area (Å²) < 4.78 is 0. The molecule has 1 aliphatic heterocycles. The molecule has 0 saturated heterocycles. The number of fused-ring (bicyclic) bond motifs is 3. The average molecular weight is 407 g/mol. The lowest BCUT2D eigenvalue weighted by atomic mass is 9.89. The van der Waals surface area contributed by atoms with Gasteiger partial charge in [0.1, 0.15) is 10.9 Å². The van der Waals surface area contributed by atoms with Crippen molar-refractivity contribution >= 4 is 27.1 Å². The van der Waals surface area contributed by atoms with E-state index in [-0.39, 0.29) is 11.6 Å². The molecule has 5 rings (SSSR count). The van der Waals surface area contributed by atoms with E-state index in [0.717, 1.165) is 48.4 Å². The Labute approximate surface area is 175 Å². The standard InChI is InChI=1S/C24H27N3OS/c1-15-8-9-19-20(14-15)29-24-21(19)23(28)25-22(26-24)16(2)27-12-10-18(11-13-27)17-6-4-3-5-7-17/h3-7,10,15-16H,8-9,11-14H2,1-2H3,(H,25,26,28)/p+1/t15-,16+/m1/s1. The maximum atomic E-state index is 12.9. The van der Waals surface area contributed by atoms with Gasteiger partial charge in [0.05, 0.1) is 18.5 Å². The van der Waals surface area contributed by atoms with Gasteiger partial charge in [0.15, 0.2) is 5.82 Å². The van der Waals surface area contributed by atoms with Crippen molar-refractivity contribution in [2.45, 2.75) is 45.6 Å². The Hall–Kier alpha value is -2.24. The molecule has 0 fully saturated rings. The minimum Gasteiger partial charge on any atom is -0.323 e. The van der Waals surface area contributed by atoms with Crippen molar-refractivity contribution in [1.82, 2.24) is 9.97 Å². The van der Waals surface area contributed by atoms with E-state index in [1.54, 1.807) is 11.3 Å². The van der Waals surface area contributed by atoms with E-state index in [1.165, 1.54) is 32.9 Å². The summed E-state index contributed by atoms with van der Waals surface area (Å²) in [4.78, 5) is 24.8. The van der Waals surface area contributed by atoms with Gasteiger partial charge in [-0.2, -0.15) is 0 Å². The highest BCUT2D eigenvalue weighted by Gasteiger charge is 2.27. The topological polar surface area (TPSA) is 50.2 Å². The Kier molecular flexibility index (Phi) is 4.88. The average Bonchev–Trinajstić information content (AvgIpc) is 3.11. The summed E-state index contributed by atoms with van der Waals surface area (Å²) in [6, 6.07) is 10.8. The maximum Gasteiger partial charge on any atom is 0.260 e. The third kappa shape index (κ3) is 3.47. The number of aromatic nitrogens is 2. The summed E-state index contributed by atoms with van der Waals surface area (Å²) >= 11 is 1.74. The lowest BCUT2D eigenvalue weighted by molar-refractivity contribution is -0.925. The van der Waals surface area contributed by atoms with Gasteiger partial charge in [-0.25, -0.2) is 4.98 Å². The van der Waals surface area contributed by atoms with Crippen molar-refractivity contribution < 1.29 is 4.90 Å². The highest BCUT2D eigenvalue weighted by Crippen LogP contribution is 2.35. The first-order chi connectivity index (χ1) is 14.1. The minimum absolute atomic E-state index is 0.0563. The maximum absolute atomic E-state index is 12.9. The van der Waals surface area contributed by atoms with Crippen LogP contribution in [0.25, 0.3) is 15.8 Å². The summed E-state index contributed by atoms with van der Waals surface area (Å²) in [5.41, 5.74) is 4.07. The van der Waals surface area contributed by atoms with Gasteiger partial charge in [-0.1, -0.05) is 37.3 Å². The molecule has 4 nitrogen and oxygen atoms in total. The number of hydrogen-bond acceptors (Lipinski definition) is 3. The van der Waals surface area contributed by atoms with Crippen molar-refractivity contribution in [2.24, 2.45) is 5.92 Å². The lowest BCUT2D eigenvalue weighted by Crippen LogP contribution is -3.12. The quantitative estimate of drug-likeness (QED) is 0.699. The van der Waals surface area contributed by atoms with Crippen LogP contribution in [0.2, 0.25) is 0 Å². The molecule has 3 heterocycles. The van der Waals surface area contributed by atoms with Crippen LogP contribution in [-0.4, -0.2) is 23.1 Å². The summed E-state index contributed by atoms with van der Waals surface area (Å²) in [7, 11) is 0. The highest BCUT2D eigenvalue weighted by molar-refractivity contribution is 7.18. The van der Waals surface area contributed by atoms with Crippen LogP contribution in [0.3, 0.4) is 0 Å². The first-order valence-corrected chi connectivity index (χ1v) is 11.6. The van der Waals surface area contributed by atoms with Crippen molar-refractivity contribution in [3.63, 3.8) is 0 Å². The Morgan fingerprint density at radius 2 is 2.07 bits per heavy atom. The molecule has 0 bridgehead atoms. The third-order valence-electron chi connectivity index (χ3n) is 6.68. The number of rotatable bonds is 3. The molecular weight excluding hydrogens is 378 g/mol. The molecule has 3 aromatic rings. The number of thiophene rings is 1. The molecule has 2 N–H and O–H groups in total. The number of benzene rings is 1. The molecule has 2 aromatic heterocycles. The molecule has 0 saturated carbocycles. The molecule has 3 atom stereocenters. The van der Waals surface area contributed by atoms with Crippen molar-refractivity contribution in [3.05, 3.63) is 68.6 Å². The largest absolute Gasteiger partial charge is 0.323 e. The fraction of sp³-hybridized carbons (Fsp3) is 0.417. The van der Waals surface area contributed by atoms with E-state index in [1.807, 2.05) is 0 Å². The Balaban J connectivity index is 1.41. The molecular formula is C24H28N3OS+. The minimum atomic E-state index is 0.0563. The Morgan fingerprint density at radius 1 is 1.24 bits per heavy atom. The second kappa shape index (κ2) is 7.54. The molecule has 1 aromatic carbocycles. The number of aryl methyl sites for hydroxylation is 1. The number of nitrogens with one attached hydrogen (secondary N) is 2. The monoisotopic (exact) mass is 406 g/mol. The predicted molar refractivity (Wildman–Crippen MR) is 120 cm³/mol. The SMILES string of the molecule is C[C@@H]1CCc2c(sc3nc([C@H](C)[NH+]4CC=C(c5ccccc5)CC4)[nH]c(=O)c23)C1. The number of hydrogen-bond donors (Lipinski definition) is 2. The Morgan fingerprint density at radius 3 is 2.83 bits per heavy atom. The van der Waals surface area contributed by atoms with Crippen molar-refractivity contribution in [2.75, 3.05) is 13.1 Å². The number of H-pyrrole nitrogens is 1. The van der Waals surface area contributed by atoms with E-state index in [4.69, 9.17) is 4.98 Å². The first kappa shape index (κ1) is 18.8. The van der Waals surface area contributed by atoms with Crippen molar-refractivity contribution in [3.8, 4) is 0 Å². The van der Waals surface area contributed by atoms with Crippen LogP contribution >= 0.6 is 11.3 Å². The summed E-state index contributed by atoms with van der Waals surface area (Å²) in [6.45, 7) is 6.51. The smallest absolute Gasteiger partial charge is 0.260 e. The van der Waals surface area contributed by atoms with Crippen LogP contribution < -0.4 is 10.5 Å². The van der Waals surface area contributed by atoms with Crippen LogP contribution in [0.15, 0.2) is 41.2 Å².